The SMILES string of the molecule is CNOC1CCCNC1. The summed E-state index contributed by atoms with van der Waals surface area (Å²) in [5.41, 5.74) is 2.70. The average molecular weight is 130 g/mol. The first-order valence-corrected chi connectivity index (χ1v) is 3.46. The first-order chi connectivity index (χ1) is 4.43. The fourth-order valence-electron chi connectivity index (χ4n) is 1.09. The summed E-state index contributed by atoms with van der Waals surface area (Å²) in [6, 6.07) is 0. The molecule has 1 atom stereocenters. The maximum Gasteiger partial charge on any atom is 0.0914 e. The van der Waals surface area contributed by atoms with Crippen LogP contribution in [-0.2, 0) is 4.84 Å². The molecule has 1 heterocycles. The third kappa shape index (κ3) is 2.30. The van der Waals surface area contributed by atoms with Gasteiger partial charge in [0.1, 0.15) is 0 Å². The number of piperidine rings is 1. The van der Waals surface area contributed by atoms with Gasteiger partial charge in [-0.1, -0.05) is 0 Å². The van der Waals surface area contributed by atoms with Gasteiger partial charge < -0.3 is 5.32 Å². The van der Waals surface area contributed by atoms with Crippen molar-refractivity contribution in [2.45, 2.75) is 18.9 Å². The number of hydrogen-bond acceptors (Lipinski definition) is 3. The second-order valence-corrected chi connectivity index (χ2v) is 2.29. The highest BCUT2D eigenvalue weighted by Gasteiger charge is 2.11. The quantitative estimate of drug-likeness (QED) is 0.512. The van der Waals surface area contributed by atoms with Gasteiger partial charge in [0.15, 0.2) is 0 Å². The summed E-state index contributed by atoms with van der Waals surface area (Å²) in [6.45, 7) is 2.13. The highest BCUT2D eigenvalue weighted by molar-refractivity contribution is 4.67. The highest BCUT2D eigenvalue weighted by Crippen LogP contribution is 2.03. The molecule has 3 heteroatoms. The summed E-state index contributed by atoms with van der Waals surface area (Å²) in [5, 5.41) is 3.25. The molecule has 2 N–H and O–H groups in total. The third-order valence-electron chi connectivity index (χ3n) is 1.54. The molecule has 1 rings (SSSR count). The van der Waals surface area contributed by atoms with E-state index in [0.717, 1.165) is 13.1 Å². The van der Waals surface area contributed by atoms with Crippen molar-refractivity contribution in [1.29, 1.82) is 0 Å². The van der Waals surface area contributed by atoms with Crippen LogP contribution in [0.1, 0.15) is 12.8 Å². The van der Waals surface area contributed by atoms with E-state index < -0.39 is 0 Å². The van der Waals surface area contributed by atoms with Crippen LogP contribution in [0.3, 0.4) is 0 Å². The van der Waals surface area contributed by atoms with Gasteiger partial charge >= 0.3 is 0 Å². The van der Waals surface area contributed by atoms with E-state index in [2.05, 4.69) is 10.8 Å². The summed E-state index contributed by atoms with van der Waals surface area (Å²) in [7, 11) is 1.80. The summed E-state index contributed by atoms with van der Waals surface area (Å²) < 4.78 is 0. The molecule has 0 aliphatic carbocycles. The molecule has 1 saturated heterocycles. The lowest BCUT2D eigenvalue weighted by atomic mass is 10.1. The van der Waals surface area contributed by atoms with E-state index >= 15 is 0 Å². The van der Waals surface area contributed by atoms with Gasteiger partial charge in [0.2, 0.25) is 0 Å². The molecule has 1 aliphatic rings. The highest BCUT2D eigenvalue weighted by atomic mass is 16.7. The zero-order valence-electron chi connectivity index (χ0n) is 5.81. The van der Waals surface area contributed by atoms with Crippen LogP contribution in [0, 0.1) is 0 Å². The molecule has 0 amide bonds. The number of hydroxylamine groups is 1. The molecule has 0 spiro atoms. The number of hydrogen-bond donors (Lipinski definition) is 2. The second kappa shape index (κ2) is 3.82. The molecule has 0 aromatic carbocycles. The van der Waals surface area contributed by atoms with Gasteiger partial charge in [-0.25, -0.2) is 5.48 Å². The Hall–Kier alpha value is -0.120. The number of nitrogens with one attached hydrogen (secondary N) is 2. The first-order valence-electron chi connectivity index (χ1n) is 3.46. The van der Waals surface area contributed by atoms with Crippen LogP contribution >= 0.6 is 0 Å². The zero-order valence-corrected chi connectivity index (χ0v) is 5.81. The van der Waals surface area contributed by atoms with Crippen LogP contribution in [0.25, 0.3) is 0 Å². The van der Waals surface area contributed by atoms with E-state index in [4.69, 9.17) is 4.84 Å². The summed E-state index contributed by atoms with van der Waals surface area (Å²) in [5.74, 6) is 0. The van der Waals surface area contributed by atoms with Crippen molar-refractivity contribution >= 4 is 0 Å². The van der Waals surface area contributed by atoms with Crippen LogP contribution in [0.4, 0.5) is 0 Å². The van der Waals surface area contributed by atoms with Gasteiger partial charge in [-0.3, -0.25) is 4.84 Å². The minimum absolute atomic E-state index is 0.378. The summed E-state index contributed by atoms with van der Waals surface area (Å²) in [6.07, 6.45) is 2.78. The molecule has 1 unspecified atom stereocenters. The van der Waals surface area contributed by atoms with Gasteiger partial charge in [-0.15, -0.1) is 0 Å². The normalized spacial score (nSPS) is 28.3. The van der Waals surface area contributed by atoms with E-state index in [1.54, 1.807) is 7.05 Å². The lowest BCUT2D eigenvalue weighted by Gasteiger charge is -2.21. The van der Waals surface area contributed by atoms with E-state index in [-0.39, 0.29) is 0 Å². The van der Waals surface area contributed by atoms with Crippen molar-refractivity contribution in [2.75, 3.05) is 20.1 Å². The van der Waals surface area contributed by atoms with Crippen LogP contribution < -0.4 is 10.8 Å². The van der Waals surface area contributed by atoms with Gasteiger partial charge in [-0.2, -0.15) is 0 Å². The Morgan fingerprint density at radius 3 is 3.11 bits per heavy atom. The molecular formula is C6H14N2O. The number of rotatable bonds is 2. The predicted octanol–water partition coefficient (Wildman–Crippen LogP) is -0.111. The molecular weight excluding hydrogens is 116 g/mol. The minimum Gasteiger partial charge on any atom is -0.314 e. The molecule has 1 fully saturated rings. The molecule has 54 valence electrons. The summed E-state index contributed by atoms with van der Waals surface area (Å²) >= 11 is 0. The maximum atomic E-state index is 5.17. The Bertz CT molecular complexity index is 68.7. The van der Waals surface area contributed by atoms with Gasteiger partial charge in [0, 0.05) is 13.6 Å². The Labute approximate surface area is 55.7 Å². The topological polar surface area (TPSA) is 33.3 Å². The lowest BCUT2D eigenvalue weighted by molar-refractivity contribution is -0.0229. The van der Waals surface area contributed by atoms with Crippen LogP contribution in [0.5, 0.6) is 0 Å². The fraction of sp³-hybridized carbons (Fsp3) is 1.00. The van der Waals surface area contributed by atoms with E-state index in [1.165, 1.54) is 12.8 Å². The van der Waals surface area contributed by atoms with Crippen molar-refractivity contribution in [2.24, 2.45) is 0 Å². The van der Waals surface area contributed by atoms with E-state index in [1.807, 2.05) is 0 Å². The predicted molar refractivity (Wildman–Crippen MR) is 36.0 cm³/mol. The molecule has 1 aliphatic heterocycles. The van der Waals surface area contributed by atoms with Crippen LogP contribution in [-0.4, -0.2) is 26.2 Å². The largest absolute Gasteiger partial charge is 0.314 e. The van der Waals surface area contributed by atoms with Gasteiger partial charge in [0.05, 0.1) is 6.10 Å². The smallest absolute Gasteiger partial charge is 0.0914 e. The van der Waals surface area contributed by atoms with Crippen molar-refractivity contribution in [3.8, 4) is 0 Å². The molecule has 0 saturated carbocycles. The summed E-state index contributed by atoms with van der Waals surface area (Å²) in [4.78, 5) is 5.17. The van der Waals surface area contributed by atoms with Crippen LogP contribution in [0.2, 0.25) is 0 Å². The first kappa shape index (κ1) is 6.99. The molecule has 0 aromatic heterocycles. The Kier molecular flexibility index (Phi) is 2.97. The van der Waals surface area contributed by atoms with Crippen LogP contribution in [0.15, 0.2) is 0 Å². The molecule has 0 aromatic rings. The zero-order chi connectivity index (χ0) is 6.53. The van der Waals surface area contributed by atoms with Crippen molar-refractivity contribution in [1.82, 2.24) is 10.8 Å². The molecule has 0 bridgehead atoms. The minimum atomic E-state index is 0.378. The Morgan fingerprint density at radius 1 is 1.67 bits per heavy atom. The van der Waals surface area contributed by atoms with Gasteiger partial charge in [-0.05, 0) is 19.4 Å². The fourth-order valence-corrected chi connectivity index (χ4v) is 1.09. The Balaban J connectivity index is 2.08. The second-order valence-electron chi connectivity index (χ2n) is 2.29. The molecule has 0 radical (unpaired) electrons. The third-order valence-corrected chi connectivity index (χ3v) is 1.54. The maximum absolute atomic E-state index is 5.17. The van der Waals surface area contributed by atoms with Crippen molar-refractivity contribution in [3.05, 3.63) is 0 Å². The van der Waals surface area contributed by atoms with Crippen molar-refractivity contribution < 1.29 is 4.84 Å². The van der Waals surface area contributed by atoms with Crippen molar-refractivity contribution in [3.63, 3.8) is 0 Å². The van der Waals surface area contributed by atoms with E-state index in [0.29, 0.717) is 6.10 Å². The lowest BCUT2D eigenvalue weighted by Crippen LogP contribution is -2.37. The molecule has 3 nitrogen and oxygen atoms in total. The molecule has 9 heavy (non-hydrogen) atoms. The monoisotopic (exact) mass is 130 g/mol. The Morgan fingerprint density at radius 2 is 2.56 bits per heavy atom. The standard InChI is InChI=1S/C6H14N2O/c1-7-9-6-3-2-4-8-5-6/h6-8H,2-5H2,1H3. The average Bonchev–Trinajstić information content (AvgIpc) is 1.91. The van der Waals surface area contributed by atoms with Gasteiger partial charge in [0.25, 0.3) is 0 Å². The van der Waals surface area contributed by atoms with E-state index in [9.17, 15) is 0 Å².